The maximum Gasteiger partial charge on any atom is 0.242 e. The number of thiophene rings is 1. The maximum absolute atomic E-state index is 13.4. The van der Waals surface area contributed by atoms with E-state index in [0.29, 0.717) is 0 Å². The average Bonchev–Trinajstić information content (AvgIpc) is 2.46. The Morgan fingerprint density at radius 1 is 1.69 bits per heavy atom. The van der Waals surface area contributed by atoms with Crippen LogP contribution in [-0.4, -0.2) is 15.7 Å². The molecule has 0 saturated heterocycles. The number of aliphatic hydroxyl groups is 1. The number of nitrogens with zero attached hydrogens (tertiary/aromatic N) is 1. The van der Waals surface area contributed by atoms with Crippen molar-refractivity contribution in [3.05, 3.63) is 16.8 Å². The fourth-order valence-electron chi connectivity index (χ4n) is 0.965. The molecule has 1 rings (SSSR count). The average molecular weight is 266 g/mol. The Balaban J connectivity index is 3.40. The summed E-state index contributed by atoms with van der Waals surface area (Å²) in [6.45, 7) is 2.91. The summed E-state index contributed by atoms with van der Waals surface area (Å²) in [5, 5.41) is 14.9. The van der Waals surface area contributed by atoms with Crippen LogP contribution in [-0.2, 0) is 20.3 Å². The molecule has 1 unspecified atom stereocenters. The van der Waals surface area contributed by atoms with E-state index in [9.17, 15) is 18.5 Å². The zero-order valence-corrected chi connectivity index (χ0v) is 10.3. The lowest BCUT2D eigenvalue weighted by Crippen LogP contribution is -2.13. The highest BCUT2D eigenvalue weighted by Crippen LogP contribution is 2.32. The van der Waals surface area contributed by atoms with Gasteiger partial charge in [0.25, 0.3) is 0 Å². The van der Waals surface area contributed by atoms with E-state index in [1.165, 1.54) is 13.8 Å². The smallest absolute Gasteiger partial charge is 0.242 e. The Labute approximate surface area is 96.4 Å². The van der Waals surface area contributed by atoms with Crippen LogP contribution in [0.5, 0.6) is 0 Å². The second-order valence-corrected chi connectivity index (χ2v) is 6.65. The minimum absolute atomic E-state index is 0.0191. The normalized spacial score (nSPS) is 15.6. The molecule has 5 nitrogen and oxygen atoms in total. The summed E-state index contributed by atoms with van der Waals surface area (Å²) >= 11 is 0.735. The first kappa shape index (κ1) is 13.2. The Hall–Kier alpha value is -0.830. The molecule has 0 radical (unpaired) electrons. The number of hydrogen-bond donors (Lipinski definition) is 2. The first-order valence-electron chi connectivity index (χ1n) is 4.18. The van der Waals surface area contributed by atoms with Crippen LogP contribution in [0.4, 0.5) is 4.39 Å². The monoisotopic (exact) mass is 266 g/mol. The van der Waals surface area contributed by atoms with Crippen molar-refractivity contribution in [3.8, 4) is 0 Å². The van der Waals surface area contributed by atoms with Crippen molar-refractivity contribution >= 4 is 27.7 Å². The molecule has 0 fully saturated rings. The molecule has 0 bridgehead atoms. The summed E-state index contributed by atoms with van der Waals surface area (Å²) in [5.41, 5.74) is -1.26. The topological polar surface area (TPSA) is 92.8 Å². The Kier molecular flexibility index (Phi) is 3.48. The van der Waals surface area contributed by atoms with Crippen molar-refractivity contribution in [2.75, 3.05) is 0 Å². The highest BCUT2D eigenvalue weighted by molar-refractivity contribution is 7.93. The Morgan fingerprint density at radius 3 is 2.62 bits per heavy atom. The first-order chi connectivity index (χ1) is 7.18. The van der Waals surface area contributed by atoms with Crippen LogP contribution < -0.4 is 5.14 Å². The molecule has 1 aromatic heterocycles. The van der Waals surface area contributed by atoms with Crippen molar-refractivity contribution in [2.45, 2.75) is 23.7 Å². The number of carbonyl (C=O) groups excluding carboxylic acids is 1. The third-order valence-corrected chi connectivity index (χ3v) is 5.03. The SMILES string of the molecule is CC(C)(O)c1cc(F)c(S(N)(=O)=NC=O)s1. The van der Waals surface area contributed by atoms with Gasteiger partial charge >= 0.3 is 0 Å². The first-order valence-corrected chi connectivity index (χ1v) is 6.58. The molecule has 0 aromatic carbocycles. The molecule has 0 aliphatic carbocycles. The van der Waals surface area contributed by atoms with Gasteiger partial charge in [-0.25, -0.2) is 13.7 Å². The zero-order chi connectivity index (χ0) is 12.6. The van der Waals surface area contributed by atoms with Gasteiger partial charge in [0.1, 0.15) is 0 Å². The summed E-state index contributed by atoms with van der Waals surface area (Å²) in [6, 6.07) is 1.03. The van der Waals surface area contributed by atoms with Crippen LogP contribution in [0, 0.1) is 5.82 Å². The quantitative estimate of drug-likeness (QED) is 0.798. The molecule has 1 amide bonds. The highest BCUT2D eigenvalue weighted by Gasteiger charge is 2.25. The van der Waals surface area contributed by atoms with Crippen LogP contribution >= 0.6 is 11.3 Å². The van der Waals surface area contributed by atoms with Crippen LogP contribution in [0.1, 0.15) is 18.7 Å². The van der Waals surface area contributed by atoms with Gasteiger partial charge in [0, 0.05) is 4.88 Å². The fraction of sp³-hybridized carbons (Fsp3) is 0.375. The largest absolute Gasteiger partial charge is 0.385 e. The van der Waals surface area contributed by atoms with E-state index in [2.05, 4.69) is 4.36 Å². The van der Waals surface area contributed by atoms with Crippen molar-refractivity contribution in [2.24, 2.45) is 9.50 Å². The molecule has 16 heavy (non-hydrogen) atoms. The van der Waals surface area contributed by atoms with Crippen molar-refractivity contribution in [1.82, 2.24) is 0 Å². The summed E-state index contributed by atoms with van der Waals surface area (Å²) in [5.74, 6) is -0.833. The summed E-state index contributed by atoms with van der Waals surface area (Å²) in [6.07, 6.45) is 0.0191. The summed E-state index contributed by atoms with van der Waals surface area (Å²) in [4.78, 5) is 10.4. The van der Waals surface area contributed by atoms with E-state index in [1.54, 1.807) is 0 Å². The number of rotatable bonds is 3. The Morgan fingerprint density at radius 2 is 2.25 bits per heavy atom. The summed E-state index contributed by atoms with van der Waals surface area (Å²) in [7, 11) is -3.54. The third-order valence-electron chi connectivity index (χ3n) is 1.72. The van der Waals surface area contributed by atoms with Crippen molar-refractivity contribution in [3.63, 3.8) is 0 Å². The predicted molar refractivity (Wildman–Crippen MR) is 58.6 cm³/mol. The van der Waals surface area contributed by atoms with E-state index in [-0.39, 0.29) is 15.5 Å². The lowest BCUT2D eigenvalue weighted by molar-refractivity contribution is -0.106. The van der Waals surface area contributed by atoms with Gasteiger partial charge in [0.2, 0.25) is 6.41 Å². The van der Waals surface area contributed by atoms with E-state index in [1.807, 2.05) is 0 Å². The van der Waals surface area contributed by atoms with Gasteiger partial charge in [-0.3, -0.25) is 4.79 Å². The molecule has 0 aliphatic heterocycles. The number of carbonyl (C=O) groups is 1. The standard InChI is InChI=1S/C8H11FN2O3S2/c1-8(2,13)6-3-5(9)7(15-6)16(10,14)11-4-12/h3-4,13H,1-2H3,(H2,10,11,12,14). The highest BCUT2D eigenvalue weighted by atomic mass is 32.2. The number of halogens is 1. The molecular weight excluding hydrogens is 255 g/mol. The lowest BCUT2D eigenvalue weighted by atomic mass is 10.1. The van der Waals surface area contributed by atoms with Gasteiger partial charge in [0.15, 0.2) is 19.9 Å². The molecule has 8 heteroatoms. The maximum atomic E-state index is 13.4. The minimum atomic E-state index is -3.54. The zero-order valence-electron chi connectivity index (χ0n) is 8.64. The molecular formula is C8H11FN2O3S2. The van der Waals surface area contributed by atoms with Crippen molar-refractivity contribution < 1.29 is 18.5 Å². The molecule has 0 spiro atoms. The fourth-order valence-corrected chi connectivity index (χ4v) is 3.17. The minimum Gasteiger partial charge on any atom is -0.385 e. The lowest BCUT2D eigenvalue weighted by Gasteiger charge is -2.13. The van der Waals surface area contributed by atoms with Gasteiger partial charge < -0.3 is 5.11 Å². The molecule has 0 aliphatic rings. The van der Waals surface area contributed by atoms with E-state index >= 15 is 0 Å². The molecule has 0 saturated carbocycles. The third kappa shape index (κ3) is 2.64. The van der Waals surface area contributed by atoms with E-state index < -0.39 is 21.3 Å². The number of amides is 1. The van der Waals surface area contributed by atoms with Crippen LogP contribution in [0.2, 0.25) is 0 Å². The van der Waals surface area contributed by atoms with Gasteiger partial charge in [-0.05, 0) is 19.9 Å². The molecule has 3 N–H and O–H groups in total. The molecule has 1 atom stereocenters. The van der Waals surface area contributed by atoms with Gasteiger partial charge in [-0.15, -0.1) is 15.7 Å². The molecule has 1 heterocycles. The number of hydrogen-bond acceptors (Lipinski definition) is 4. The predicted octanol–water partition coefficient (Wildman–Crippen LogP) is 0.972. The number of nitrogens with two attached hydrogens (primary N) is 1. The van der Waals surface area contributed by atoms with Crippen LogP contribution in [0.25, 0.3) is 0 Å². The van der Waals surface area contributed by atoms with Gasteiger partial charge in [0.05, 0.1) is 5.60 Å². The summed E-state index contributed by atoms with van der Waals surface area (Å²) < 4.78 is 27.7. The molecule has 90 valence electrons. The van der Waals surface area contributed by atoms with Gasteiger partial charge in [-0.2, -0.15) is 0 Å². The van der Waals surface area contributed by atoms with Crippen molar-refractivity contribution in [1.29, 1.82) is 0 Å². The van der Waals surface area contributed by atoms with Crippen LogP contribution in [0.15, 0.2) is 14.6 Å². The van der Waals surface area contributed by atoms with E-state index in [0.717, 1.165) is 17.4 Å². The van der Waals surface area contributed by atoms with Crippen LogP contribution in [0.3, 0.4) is 0 Å². The van der Waals surface area contributed by atoms with Gasteiger partial charge in [-0.1, -0.05) is 0 Å². The van der Waals surface area contributed by atoms with E-state index in [4.69, 9.17) is 5.14 Å². The second-order valence-electron chi connectivity index (χ2n) is 3.58. The molecule has 1 aromatic rings. The Bertz CT molecular complexity index is 524. The second kappa shape index (κ2) is 4.21.